The van der Waals surface area contributed by atoms with E-state index in [1.165, 1.54) is 11.3 Å². The summed E-state index contributed by atoms with van der Waals surface area (Å²) >= 11 is 4.84. The number of anilines is 1. The summed E-state index contributed by atoms with van der Waals surface area (Å²) in [6, 6.07) is 11.4. The minimum Gasteiger partial charge on any atom is -0.321 e. The average Bonchev–Trinajstić information content (AvgIpc) is 2.83. The molecule has 0 fully saturated rings. The molecule has 0 bridgehead atoms. The van der Waals surface area contributed by atoms with Crippen molar-refractivity contribution in [3.8, 4) is 0 Å². The number of carbonyl (C=O) groups is 1. The Bertz CT molecular complexity index is 482. The number of rotatable bonds is 3. The number of hydrogen-bond acceptors (Lipinski definition) is 2. The maximum absolute atomic E-state index is 11.8. The Kier molecular flexibility index (Phi) is 3.74. The van der Waals surface area contributed by atoms with Gasteiger partial charge in [0.15, 0.2) is 0 Å². The number of hydrogen-bond donors (Lipinski definition) is 1. The van der Waals surface area contributed by atoms with Crippen molar-refractivity contribution in [2.45, 2.75) is 5.33 Å². The standard InChI is InChI=1S/C12H10BrNOS/c13-8-9-4-1-2-5-10(9)14-12(15)11-6-3-7-16-11/h1-7H,8H2,(H,14,15). The van der Waals surface area contributed by atoms with Crippen LogP contribution in [-0.2, 0) is 5.33 Å². The molecule has 1 amide bonds. The van der Waals surface area contributed by atoms with E-state index in [9.17, 15) is 4.79 Å². The van der Waals surface area contributed by atoms with Gasteiger partial charge in [0.1, 0.15) is 0 Å². The van der Waals surface area contributed by atoms with E-state index < -0.39 is 0 Å². The first-order valence-corrected chi connectivity index (χ1v) is 6.80. The number of para-hydroxylation sites is 1. The second-order valence-corrected chi connectivity index (χ2v) is 4.73. The van der Waals surface area contributed by atoms with Gasteiger partial charge in [0.2, 0.25) is 0 Å². The first-order chi connectivity index (χ1) is 7.81. The molecule has 1 aromatic carbocycles. The van der Waals surface area contributed by atoms with Crippen LogP contribution in [0.1, 0.15) is 15.2 Å². The number of benzene rings is 1. The van der Waals surface area contributed by atoms with Crippen LogP contribution in [0.15, 0.2) is 41.8 Å². The van der Waals surface area contributed by atoms with Gasteiger partial charge in [-0.1, -0.05) is 40.2 Å². The van der Waals surface area contributed by atoms with E-state index in [-0.39, 0.29) is 5.91 Å². The maximum atomic E-state index is 11.8. The Morgan fingerprint density at radius 2 is 2.06 bits per heavy atom. The van der Waals surface area contributed by atoms with Crippen LogP contribution >= 0.6 is 27.3 Å². The highest BCUT2D eigenvalue weighted by atomic mass is 79.9. The summed E-state index contributed by atoms with van der Waals surface area (Å²) < 4.78 is 0. The summed E-state index contributed by atoms with van der Waals surface area (Å²) in [7, 11) is 0. The van der Waals surface area contributed by atoms with Gasteiger partial charge >= 0.3 is 0 Å². The first kappa shape index (κ1) is 11.4. The van der Waals surface area contributed by atoms with Gasteiger partial charge in [-0.3, -0.25) is 4.79 Å². The lowest BCUT2D eigenvalue weighted by Gasteiger charge is -2.07. The van der Waals surface area contributed by atoms with E-state index in [1.54, 1.807) is 0 Å². The molecule has 1 heterocycles. The van der Waals surface area contributed by atoms with Crippen molar-refractivity contribution in [2.24, 2.45) is 0 Å². The molecule has 0 aliphatic carbocycles. The number of carbonyl (C=O) groups excluding carboxylic acids is 1. The lowest BCUT2D eigenvalue weighted by atomic mass is 10.2. The van der Waals surface area contributed by atoms with E-state index >= 15 is 0 Å². The smallest absolute Gasteiger partial charge is 0.265 e. The van der Waals surface area contributed by atoms with E-state index in [0.29, 0.717) is 0 Å². The minimum atomic E-state index is -0.0524. The van der Waals surface area contributed by atoms with Crippen LogP contribution in [0.5, 0.6) is 0 Å². The van der Waals surface area contributed by atoms with E-state index in [1.807, 2.05) is 41.8 Å². The van der Waals surface area contributed by atoms with Gasteiger partial charge in [-0.05, 0) is 23.1 Å². The Morgan fingerprint density at radius 3 is 2.75 bits per heavy atom. The van der Waals surface area contributed by atoms with Crippen molar-refractivity contribution in [1.82, 2.24) is 0 Å². The second-order valence-electron chi connectivity index (χ2n) is 3.22. The second kappa shape index (κ2) is 5.27. The van der Waals surface area contributed by atoms with Crippen LogP contribution in [-0.4, -0.2) is 5.91 Å². The van der Waals surface area contributed by atoms with Gasteiger partial charge in [-0.15, -0.1) is 11.3 Å². The SMILES string of the molecule is O=C(Nc1ccccc1CBr)c1cccs1. The van der Waals surface area contributed by atoms with E-state index in [2.05, 4.69) is 21.2 Å². The molecule has 0 spiro atoms. The van der Waals surface area contributed by atoms with Gasteiger partial charge in [0, 0.05) is 11.0 Å². The van der Waals surface area contributed by atoms with Gasteiger partial charge in [0.25, 0.3) is 5.91 Å². The molecule has 2 nitrogen and oxygen atoms in total. The molecule has 82 valence electrons. The molecule has 16 heavy (non-hydrogen) atoms. The van der Waals surface area contributed by atoms with E-state index in [4.69, 9.17) is 0 Å². The molecule has 0 atom stereocenters. The Labute approximate surface area is 106 Å². The zero-order valence-electron chi connectivity index (χ0n) is 8.44. The quantitative estimate of drug-likeness (QED) is 0.855. The lowest BCUT2D eigenvalue weighted by molar-refractivity contribution is 0.103. The fourth-order valence-corrected chi connectivity index (χ4v) is 2.46. The van der Waals surface area contributed by atoms with Crippen molar-refractivity contribution in [3.63, 3.8) is 0 Å². The lowest BCUT2D eigenvalue weighted by Crippen LogP contribution is -2.11. The maximum Gasteiger partial charge on any atom is 0.265 e. The monoisotopic (exact) mass is 295 g/mol. The predicted molar refractivity (Wildman–Crippen MR) is 71.3 cm³/mol. The van der Waals surface area contributed by atoms with Crippen molar-refractivity contribution in [1.29, 1.82) is 0 Å². The first-order valence-electron chi connectivity index (χ1n) is 4.80. The zero-order chi connectivity index (χ0) is 11.4. The summed E-state index contributed by atoms with van der Waals surface area (Å²) in [5.74, 6) is -0.0524. The predicted octanol–water partition coefficient (Wildman–Crippen LogP) is 3.90. The Morgan fingerprint density at radius 1 is 1.25 bits per heavy atom. The minimum absolute atomic E-state index is 0.0524. The third kappa shape index (κ3) is 2.51. The molecule has 1 N–H and O–H groups in total. The fourth-order valence-electron chi connectivity index (χ4n) is 1.35. The number of thiophene rings is 1. The van der Waals surface area contributed by atoms with Gasteiger partial charge < -0.3 is 5.32 Å². The molecule has 2 rings (SSSR count). The normalized spacial score (nSPS) is 10.1. The summed E-state index contributed by atoms with van der Waals surface area (Å²) in [6.45, 7) is 0. The van der Waals surface area contributed by atoms with Crippen molar-refractivity contribution in [2.75, 3.05) is 5.32 Å². The molecule has 0 unspecified atom stereocenters. The molecule has 1 aromatic heterocycles. The largest absolute Gasteiger partial charge is 0.321 e. The molecule has 2 aromatic rings. The molecule has 0 saturated carbocycles. The van der Waals surface area contributed by atoms with Crippen LogP contribution in [0.2, 0.25) is 0 Å². The van der Waals surface area contributed by atoms with Crippen LogP contribution < -0.4 is 5.32 Å². The molecule has 0 aliphatic heterocycles. The molecular formula is C12H10BrNOS. The summed E-state index contributed by atoms with van der Waals surface area (Å²) in [5, 5.41) is 5.53. The highest BCUT2D eigenvalue weighted by Gasteiger charge is 2.08. The van der Waals surface area contributed by atoms with Crippen LogP contribution in [0.4, 0.5) is 5.69 Å². The molecule has 0 saturated heterocycles. The molecule has 0 radical (unpaired) electrons. The number of amides is 1. The Hall–Kier alpha value is -1.13. The average molecular weight is 296 g/mol. The molecule has 4 heteroatoms. The zero-order valence-corrected chi connectivity index (χ0v) is 10.8. The van der Waals surface area contributed by atoms with Crippen molar-refractivity contribution in [3.05, 3.63) is 52.2 Å². The van der Waals surface area contributed by atoms with Crippen LogP contribution in [0, 0.1) is 0 Å². The Balaban J connectivity index is 2.18. The summed E-state index contributed by atoms with van der Waals surface area (Å²) in [4.78, 5) is 12.6. The van der Waals surface area contributed by atoms with Gasteiger partial charge in [-0.25, -0.2) is 0 Å². The van der Waals surface area contributed by atoms with Crippen molar-refractivity contribution >= 4 is 38.9 Å². The van der Waals surface area contributed by atoms with Crippen LogP contribution in [0.25, 0.3) is 0 Å². The fraction of sp³-hybridized carbons (Fsp3) is 0.0833. The topological polar surface area (TPSA) is 29.1 Å². The van der Waals surface area contributed by atoms with Crippen LogP contribution in [0.3, 0.4) is 0 Å². The van der Waals surface area contributed by atoms with E-state index in [0.717, 1.165) is 21.5 Å². The number of alkyl halides is 1. The third-order valence-electron chi connectivity index (χ3n) is 2.15. The highest BCUT2D eigenvalue weighted by molar-refractivity contribution is 9.08. The van der Waals surface area contributed by atoms with Crippen molar-refractivity contribution < 1.29 is 4.79 Å². The highest BCUT2D eigenvalue weighted by Crippen LogP contribution is 2.19. The number of halogens is 1. The molecular weight excluding hydrogens is 286 g/mol. The summed E-state index contributed by atoms with van der Waals surface area (Å²) in [6.07, 6.45) is 0. The van der Waals surface area contributed by atoms with Gasteiger partial charge in [-0.2, -0.15) is 0 Å². The van der Waals surface area contributed by atoms with Gasteiger partial charge in [0.05, 0.1) is 4.88 Å². The number of nitrogens with one attached hydrogen (secondary N) is 1. The third-order valence-corrected chi connectivity index (χ3v) is 3.63. The molecule has 0 aliphatic rings. The summed E-state index contributed by atoms with van der Waals surface area (Å²) in [5.41, 5.74) is 1.94.